The van der Waals surface area contributed by atoms with E-state index in [2.05, 4.69) is 0 Å². The van der Waals surface area contributed by atoms with Crippen molar-refractivity contribution in [3.05, 3.63) is 106 Å². The average molecular weight is 344 g/mol. The second kappa shape index (κ2) is 6.41. The van der Waals surface area contributed by atoms with Crippen LogP contribution in [0.3, 0.4) is 0 Å². The van der Waals surface area contributed by atoms with Gasteiger partial charge in [0.2, 0.25) is 5.78 Å². The third-order valence-corrected chi connectivity index (χ3v) is 4.21. The topological polar surface area (TPSA) is 47.3 Å². The number of carbonyl (C=O) groups is 1. The summed E-state index contributed by atoms with van der Waals surface area (Å²) in [5, 5.41) is 0.670. The molecule has 0 fully saturated rings. The second-order valence-corrected chi connectivity index (χ2v) is 5.84. The first-order valence-electron chi connectivity index (χ1n) is 8.06. The predicted molar refractivity (Wildman–Crippen MR) is 97.8 cm³/mol. The van der Waals surface area contributed by atoms with E-state index in [1.54, 1.807) is 12.1 Å². The van der Waals surface area contributed by atoms with Crippen molar-refractivity contribution in [3.8, 4) is 11.1 Å². The molecule has 0 radical (unpaired) electrons. The molecule has 126 valence electrons. The fraction of sp³-hybridized carbons (Fsp3) is 0. The molecule has 0 saturated carbocycles. The molecule has 4 aromatic rings. The first-order valence-corrected chi connectivity index (χ1v) is 8.06. The first kappa shape index (κ1) is 16.0. The fourth-order valence-corrected chi connectivity index (χ4v) is 3.01. The smallest absolute Gasteiger partial charge is 0.348 e. The van der Waals surface area contributed by atoms with Gasteiger partial charge in [-0.1, -0.05) is 48.5 Å². The lowest BCUT2D eigenvalue weighted by molar-refractivity contribution is 0.103. The molecule has 1 heterocycles. The van der Waals surface area contributed by atoms with E-state index in [0.717, 1.165) is 5.56 Å². The van der Waals surface area contributed by atoms with Crippen LogP contribution in [0.15, 0.2) is 88.1 Å². The van der Waals surface area contributed by atoms with E-state index in [-0.39, 0.29) is 11.1 Å². The van der Waals surface area contributed by atoms with E-state index in [1.165, 1.54) is 24.3 Å². The zero-order valence-corrected chi connectivity index (χ0v) is 13.6. The summed E-state index contributed by atoms with van der Waals surface area (Å²) < 4.78 is 18.6. The normalized spacial score (nSPS) is 10.8. The summed E-state index contributed by atoms with van der Waals surface area (Å²) in [7, 11) is 0. The fourth-order valence-electron chi connectivity index (χ4n) is 3.01. The predicted octanol–water partition coefficient (Wildman–Crippen LogP) is 4.83. The minimum absolute atomic E-state index is 0.0542. The maximum atomic E-state index is 13.2. The van der Waals surface area contributed by atoms with E-state index in [9.17, 15) is 14.0 Å². The molecule has 1 aromatic heterocycles. The number of fused-ring (bicyclic) bond motifs is 1. The molecular formula is C22H13FO3. The Morgan fingerprint density at radius 1 is 0.808 bits per heavy atom. The van der Waals surface area contributed by atoms with Crippen molar-refractivity contribution in [2.24, 2.45) is 0 Å². The molecule has 3 aromatic carbocycles. The largest absolute Gasteiger partial charge is 0.422 e. The highest BCUT2D eigenvalue weighted by molar-refractivity contribution is 6.16. The van der Waals surface area contributed by atoms with Crippen LogP contribution < -0.4 is 5.63 Å². The van der Waals surface area contributed by atoms with Crippen LogP contribution in [0, 0.1) is 5.82 Å². The molecule has 0 amide bonds. The number of rotatable bonds is 3. The van der Waals surface area contributed by atoms with Crippen LogP contribution in [0.2, 0.25) is 0 Å². The van der Waals surface area contributed by atoms with Gasteiger partial charge in [0.25, 0.3) is 0 Å². The number of ketones is 1. The monoisotopic (exact) mass is 344 g/mol. The summed E-state index contributed by atoms with van der Waals surface area (Å²) in [6.07, 6.45) is 0. The highest BCUT2D eigenvalue weighted by Gasteiger charge is 2.23. The third-order valence-electron chi connectivity index (χ3n) is 4.21. The van der Waals surface area contributed by atoms with Crippen LogP contribution in [0.4, 0.5) is 4.39 Å². The van der Waals surface area contributed by atoms with Crippen molar-refractivity contribution in [3.63, 3.8) is 0 Å². The van der Waals surface area contributed by atoms with Crippen molar-refractivity contribution < 1.29 is 13.6 Å². The number of halogens is 1. The molecule has 0 spiro atoms. The van der Waals surface area contributed by atoms with Gasteiger partial charge in [0.1, 0.15) is 17.0 Å². The summed E-state index contributed by atoms with van der Waals surface area (Å²) in [5.41, 5.74) is 1.13. The molecule has 0 atom stereocenters. The van der Waals surface area contributed by atoms with Crippen LogP contribution >= 0.6 is 0 Å². The summed E-state index contributed by atoms with van der Waals surface area (Å²) in [6, 6.07) is 21.4. The lowest BCUT2D eigenvalue weighted by Gasteiger charge is -2.11. The number of hydrogen-bond donors (Lipinski definition) is 0. The van der Waals surface area contributed by atoms with E-state index < -0.39 is 17.2 Å². The minimum atomic E-state index is -0.711. The van der Waals surface area contributed by atoms with Gasteiger partial charge in [0, 0.05) is 16.5 Å². The zero-order chi connectivity index (χ0) is 18.1. The van der Waals surface area contributed by atoms with Crippen LogP contribution in [0.1, 0.15) is 15.9 Å². The molecule has 26 heavy (non-hydrogen) atoms. The maximum absolute atomic E-state index is 13.2. The van der Waals surface area contributed by atoms with Crippen LogP contribution in [0.5, 0.6) is 0 Å². The summed E-state index contributed by atoms with van der Waals surface area (Å²) >= 11 is 0. The van der Waals surface area contributed by atoms with Gasteiger partial charge in [-0.2, -0.15) is 0 Å². The van der Waals surface area contributed by atoms with Gasteiger partial charge in [-0.3, -0.25) is 4.79 Å². The zero-order valence-electron chi connectivity index (χ0n) is 13.6. The molecule has 4 heteroatoms. The number of para-hydroxylation sites is 1. The molecule has 0 unspecified atom stereocenters. The summed E-state index contributed by atoms with van der Waals surface area (Å²) in [5.74, 6) is -0.946. The van der Waals surface area contributed by atoms with Crippen LogP contribution in [0.25, 0.3) is 22.1 Å². The Morgan fingerprint density at radius 2 is 1.46 bits per heavy atom. The van der Waals surface area contributed by atoms with Gasteiger partial charge < -0.3 is 4.42 Å². The Morgan fingerprint density at radius 3 is 2.19 bits per heavy atom. The Bertz CT molecular complexity index is 1160. The van der Waals surface area contributed by atoms with Crippen molar-refractivity contribution in [1.29, 1.82) is 0 Å². The number of hydrogen-bond acceptors (Lipinski definition) is 3. The third kappa shape index (κ3) is 2.71. The van der Waals surface area contributed by atoms with E-state index in [1.807, 2.05) is 42.5 Å². The highest BCUT2D eigenvalue weighted by Crippen LogP contribution is 2.31. The SMILES string of the molecule is O=C(c1ccc(F)cc1)c1c(-c2ccccc2)c2ccccc2oc1=O. The molecule has 4 rings (SSSR count). The standard InChI is InChI=1S/C22H13FO3/c23-16-12-10-15(11-13-16)21(24)20-19(14-6-2-1-3-7-14)17-8-4-5-9-18(17)26-22(20)25/h1-13H. The molecule has 0 aliphatic rings. The molecule has 0 N–H and O–H groups in total. The Hall–Kier alpha value is -3.53. The number of carbonyl (C=O) groups excluding carboxylic acids is 1. The summed E-state index contributed by atoms with van der Waals surface area (Å²) in [4.78, 5) is 25.7. The second-order valence-electron chi connectivity index (χ2n) is 5.84. The number of benzene rings is 3. The Labute approximate surface area is 148 Å². The highest BCUT2D eigenvalue weighted by atomic mass is 19.1. The van der Waals surface area contributed by atoms with Gasteiger partial charge in [-0.25, -0.2) is 9.18 Å². The van der Waals surface area contributed by atoms with Crippen molar-refractivity contribution in [2.75, 3.05) is 0 Å². The van der Waals surface area contributed by atoms with Crippen molar-refractivity contribution in [1.82, 2.24) is 0 Å². The van der Waals surface area contributed by atoms with Gasteiger partial charge in [0.15, 0.2) is 0 Å². The van der Waals surface area contributed by atoms with Crippen molar-refractivity contribution >= 4 is 16.8 Å². The minimum Gasteiger partial charge on any atom is -0.422 e. The van der Waals surface area contributed by atoms with Gasteiger partial charge in [-0.05, 0) is 35.9 Å². The van der Waals surface area contributed by atoms with Crippen LogP contribution in [-0.4, -0.2) is 5.78 Å². The molecular weight excluding hydrogens is 331 g/mol. The summed E-state index contributed by atoms with van der Waals surface area (Å²) in [6.45, 7) is 0. The first-order chi connectivity index (χ1) is 12.6. The van der Waals surface area contributed by atoms with Gasteiger partial charge in [0.05, 0.1) is 0 Å². The van der Waals surface area contributed by atoms with Crippen molar-refractivity contribution in [2.45, 2.75) is 0 Å². The Balaban J connectivity index is 2.05. The molecule has 0 bridgehead atoms. The lowest BCUT2D eigenvalue weighted by atomic mass is 9.92. The quantitative estimate of drug-likeness (QED) is 0.395. The molecule has 3 nitrogen and oxygen atoms in total. The van der Waals surface area contributed by atoms with E-state index in [0.29, 0.717) is 16.5 Å². The average Bonchev–Trinajstić information content (AvgIpc) is 2.67. The van der Waals surface area contributed by atoms with E-state index in [4.69, 9.17) is 4.42 Å². The lowest BCUT2D eigenvalue weighted by Crippen LogP contribution is -2.17. The molecule has 0 aliphatic heterocycles. The van der Waals surface area contributed by atoms with Gasteiger partial charge >= 0.3 is 5.63 Å². The molecule has 0 aliphatic carbocycles. The molecule has 0 saturated heterocycles. The van der Waals surface area contributed by atoms with Crippen LogP contribution in [-0.2, 0) is 0 Å². The Kier molecular flexibility index (Phi) is 3.93. The maximum Gasteiger partial charge on any atom is 0.348 e. The van der Waals surface area contributed by atoms with Gasteiger partial charge in [-0.15, -0.1) is 0 Å². The van der Waals surface area contributed by atoms with E-state index >= 15 is 0 Å².